The number of aromatic nitrogens is 3. The van der Waals surface area contributed by atoms with E-state index >= 15 is 0 Å². The second-order valence-corrected chi connectivity index (χ2v) is 4.88. The summed E-state index contributed by atoms with van der Waals surface area (Å²) in [6.07, 6.45) is 1.34. The molecule has 1 aliphatic rings. The zero-order valence-electron chi connectivity index (χ0n) is 11.2. The zero-order valence-corrected chi connectivity index (χ0v) is 11.2. The second-order valence-electron chi connectivity index (χ2n) is 4.88. The number of carboxylic acid groups (broad SMARTS) is 1. The van der Waals surface area contributed by atoms with Gasteiger partial charge < -0.3 is 9.84 Å². The fourth-order valence-electron chi connectivity index (χ4n) is 2.58. The molecule has 1 aliphatic heterocycles. The van der Waals surface area contributed by atoms with Crippen LogP contribution in [0.2, 0.25) is 0 Å². The number of carbonyl (C=O) groups is 1. The molecule has 7 heteroatoms. The summed E-state index contributed by atoms with van der Waals surface area (Å²) in [5.74, 6) is -1.67. The predicted molar refractivity (Wildman–Crippen MR) is 71.1 cm³/mol. The number of hydrogen-bond acceptors (Lipinski definition) is 4. The Hall–Kier alpha value is -2.28. The van der Waals surface area contributed by atoms with Crippen molar-refractivity contribution in [1.82, 2.24) is 15.0 Å². The van der Waals surface area contributed by atoms with Gasteiger partial charge in [-0.3, -0.25) is 0 Å². The number of carboxylic acids is 1. The van der Waals surface area contributed by atoms with Crippen LogP contribution in [0.15, 0.2) is 24.3 Å². The van der Waals surface area contributed by atoms with Gasteiger partial charge in [0.15, 0.2) is 5.69 Å². The first-order valence-corrected chi connectivity index (χ1v) is 6.70. The van der Waals surface area contributed by atoms with Gasteiger partial charge >= 0.3 is 5.97 Å². The van der Waals surface area contributed by atoms with Crippen molar-refractivity contribution < 1.29 is 19.0 Å². The molecular weight excluding hydrogens is 277 g/mol. The van der Waals surface area contributed by atoms with Crippen LogP contribution < -0.4 is 0 Å². The van der Waals surface area contributed by atoms with E-state index in [-0.39, 0.29) is 17.3 Å². The van der Waals surface area contributed by atoms with Crippen molar-refractivity contribution in [2.75, 3.05) is 13.2 Å². The number of hydrogen-bond donors (Lipinski definition) is 1. The molecule has 6 nitrogen and oxygen atoms in total. The van der Waals surface area contributed by atoms with E-state index in [0.29, 0.717) is 31.7 Å². The summed E-state index contributed by atoms with van der Waals surface area (Å²) in [7, 11) is 0. The first kappa shape index (κ1) is 13.7. The summed E-state index contributed by atoms with van der Waals surface area (Å²) in [5, 5.41) is 16.8. The zero-order chi connectivity index (χ0) is 14.8. The molecule has 0 spiro atoms. The summed E-state index contributed by atoms with van der Waals surface area (Å²) in [5.41, 5.74) is 0.528. The molecule has 110 valence electrons. The van der Waals surface area contributed by atoms with Crippen molar-refractivity contribution >= 4 is 5.97 Å². The van der Waals surface area contributed by atoms with Crippen LogP contribution in [-0.4, -0.2) is 39.3 Å². The van der Waals surface area contributed by atoms with E-state index in [1.54, 1.807) is 18.2 Å². The number of aromatic carboxylic acids is 1. The number of nitrogens with zero attached hydrogens (tertiary/aromatic N) is 3. The maximum atomic E-state index is 14.0. The quantitative estimate of drug-likeness (QED) is 0.936. The number of benzene rings is 1. The SMILES string of the molecule is O=C(O)c1nnn(-c2ccccc2F)c1C1CCOCC1. The highest BCUT2D eigenvalue weighted by atomic mass is 19.1. The van der Waals surface area contributed by atoms with Gasteiger partial charge in [0.25, 0.3) is 0 Å². The lowest BCUT2D eigenvalue weighted by molar-refractivity contribution is 0.0677. The highest BCUT2D eigenvalue weighted by Crippen LogP contribution is 2.30. The van der Waals surface area contributed by atoms with E-state index in [9.17, 15) is 14.3 Å². The van der Waals surface area contributed by atoms with Gasteiger partial charge in [-0.15, -0.1) is 5.10 Å². The third-order valence-corrected chi connectivity index (χ3v) is 3.60. The Bertz CT molecular complexity index is 665. The summed E-state index contributed by atoms with van der Waals surface area (Å²) in [4.78, 5) is 11.4. The van der Waals surface area contributed by atoms with Crippen LogP contribution >= 0.6 is 0 Å². The third-order valence-electron chi connectivity index (χ3n) is 3.60. The van der Waals surface area contributed by atoms with Crippen molar-refractivity contribution in [2.24, 2.45) is 0 Å². The van der Waals surface area contributed by atoms with Crippen molar-refractivity contribution in [3.05, 3.63) is 41.5 Å². The van der Waals surface area contributed by atoms with E-state index in [4.69, 9.17) is 4.74 Å². The molecule has 0 unspecified atom stereocenters. The van der Waals surface area contributed by atoms with E-state index < -0.39 is 11.8 Å². The van der Waals surface area contributed by atoms with E-state index in [0.717, 1.165) is 0 Å². The average Bonchev–Trinajstić information content (AvgIpc) is 2.93. The lowest BCUT2D eigenvalue weighted by Gasteiger charge is -2.23. The highest BCUT2D eigenvalue weighted by Gasteiger charge is 2.29. The molecule has 0 aliphatic carbocycles. The van der Waals surface area contributed by atoms with Crippen LogP contribution in [0.3, 0.4) is 0 Å². The Labute approximate surface area is 120 Å². The smallest absolute Gasteiger partial charge is 0.358 e. The first-order chi connectivity index (χ1) is 10.2. The molecule has 1 N–H and O–H groups in total. The van der Waals surface area contributed by atoms with E-state index in [2.05, 4.69) is 10.3 Å². The van der Waals surface area contributed by atoms with Gasteiger partial charge in [-0.25, -0.2) is 13.9 Å². The van der Waals surface area contributed by atoms with Crippen LogP contribution in [0, 0.1) is 5.82 Å². The predicted octanol–water partition coefficient (Wildman–Crippen LogP) is 2.00. The van der Waals surface area contributed by atoms with E-state index in [1.165, 1.54) is 10.7 Å². The van der Waals surface area contributed by atoms with Crippen LogP contribution in [-0.2, 0) is 4.74 Å². The molecule has 3 rings (SSSR count). The van der Waals surface area contributed by atoms with Crippen molar-refractivity contribution in [2.45, 2.75) is 18.8 Å². The third kappa shape index (κ3) is 2.52. The lowest BCUT2D eigenvalue weighted by atomic mass is 9.94. The largest absolute Gasteiger partial charge is 0.476 e. The molecule has 0 atom stereocenters. The highest BCUT2D eigenvalue weighted by molar-refractivity contribution is 5.86. The van der Waals surface area contributed by atoms with Gasteiger partial charge in [0.05, 0.1) is 5.69 Å². The fraction of sp³-hybridized carbons (Fsp3) is 0.357. The van der Waals surface area contributed by atoms with E-state index in [1.807, 2.05) is 0 Å². The summed E-state index contributed by atoms with van der Waals surface area (Å²) >= 11 is 0. The summed E-state index contributed by atoms with van der Waals surface area (Å²) < 4.78 is 20.6. The Morgan fingerprint density at radius 1 is 1.33 bits per heavy atom. The van der Waals surface area contributed by atoms with Crippen molar-refractivity contribution in [3.63, 3.8) is 0 Å². The van der Waals surface area contributed by atoms with Crippen LogP contribution in [0.4, 0.5) is 4.39 Å². The molecule has 1 fully saturated rings. The van der Waals surface area contributed by atoms with Gasteiger partial charge in [-0.2, -0.15) is 0 Å². The maximum absolute atomic E-state index is 14.0. The van der Waals surface area contributed by atoms with Gasteiger partial charge in [0.2, 0.25) is 0 Å². The van der Waals surface area contributed by atoms with Gasteiger partial charge in [-0.05, 0) is 25.0 Å². The Morgan fingerprint density at radius 3 is 2.71 bits per heavy atom. The molecule has 0 bridgehead atoms. The molecule has 1 saturated heterocycles. The molecule has 1 aromatic heterocycles. The van der Waals surface area contributed by atoms with Crippen molar-refractivity contribution in [1.29, 1.82) is 0 Å². The van der Waals surface area contributed by atoms with Gasteiger partial charge in [0.1, 0.15) is 11.5 Å². The Kier molecular flexibility index (Phi) is 3.66. The molecule has 1 aromatic carbocycles. The number of halogens is 1. The molecular formula is C14H14FN3O3. The molecule has 0 radical (unpaired) electrons. The van der Waals surface area contributed by atoms with Gasteiger partial charge in [0, 0.05) is 19.1 Å². The van der Waals surface area contributed by atoms with Crippen LogP contribution in [0.1, 0.15) is 34.9 Å². The summed E-state index contributed by atoms with van der Waals surface area (Å²) in [6.45, 7) is 1.10. The normalized spacial score (nSPS) is 16.0. The maximum Gasteiger partial charge on any atom is 0.358 e. The minimum absolute atomic E-state index is 0.0561. The minimum Gasteiger partial charge on any atom is -0.476 e. The summed E-state index contributed by atoms with van der Waals surface area (Å²) in [6, 6.07) is 6.11. The Morgan fingerprint density at radius 2 is 2.05 bits per heavy atom. The Balaban J connectivity index is 2.12. The molecule has 0 saturated carbocycles. The van der Waals surface area contributed by atoms with Crippen LogP contribution in [0.25, 0.3) is 5.69 Å². The molecule has 0 amide bonds. The second kappa shape index (κ2) is 5.61. The minimum atomic E-state index is -1.15. The first-order valence-electron chi connectivity index (χ1n) is 6.70. The standard InChI is InChI=1S/C14H14FN3O3/c15-10-3-1-2-4-11(10)18-13(9-5-7-21-8-6-9)12(14(19)20)16-17-18/h1-4,9H,5-8H2,(H,19,20). The number of para-hydroxylation sites is 1. The number of rotatable bonds is 3. The topological polar surface area (TPSA) is 77.2 Å². The number of ether oxygens (including phenoxy) is 1. The fourth-order valence-corrected chi connectivity index (χ4v) is 2.58. The lowest BCUT2D eigenvalue weighted by Crippen LogP contribution is -2.20. The van der Waals surface area contributed by atoms with Crippen molar-refractivity contribution in [3.8, 4) is 5.69 Å². The molecule has 21 heavy (non-hydrogen) atoms. The van der Waals surface area contributed by atoms with Gasteiger partial charge in [-0.1, -0.05) is 17.3 Å². The molecule has 2 aromatic rings. The monoisotopic (exact) mass is 291 g/mol. The average molecular weight is 291 g/mol. The van der Waals surface area contributed by atoms with Crippen LogP contribution in [0.5, 0.6) is 0 Å². The molecule has 2 heterocycles.